The average molecular weight is 222 g/mol. The van der Waals surface area contributed by atoms with E-state index >= 15 is 0 Å². The molecular weight excluding hydrogens is 204 g/mol. The smallest absolute Gasteiger partial charge is 0.254 e. The second-order valence-electron chi connectivity index (χ2n) is 3.95. The number of benzene rings is 1. The monoisotopic (exact) mass is 222 g/mol. The summed E-state index contributed by atoms with van der Waals surface area (Å²) in [6, 6.07) is 4.92. The summed E-state index contributed by atoms with van der Waals surface area (Å²) in [6.07, 6.45) is 0. The van der Waals surface area contributed by atoms with Gasteiger partial charge in [-0.1, -0.05) is 6.07 Å². The first kappa shape index (κ1) is 12.5. The lowest BCUT2D eigenvalue weighted by atomic mass is 10.1. The molecule has 0 bridgehead atoms. The largest absolute Gasteiger partial charge is 0.508 e. The Morgan fingerprint density at radius 1 is 1.56 bits per heavy atom. The molecule has 0 heterocycles. The van der Waals surface area contributed by atoms with E-state index in [1.807, 2.05) is 6.92 Å². The minimum absolute atomic E-state index is 0.0192. The number of phenolic OH excluding ortho intramolecular Hbond substituents is 1. The third-order valence-electron chi connectivity index (χ3n) is 2.86. The molecule has 0 aliphatic heterocycles. The van der Waals surface area contributed by atoms with Gasteiger partial charge in [0.1, 0.15) is 5.75 Å². The highest BCUT2D eigenvalue weighted by molar-refractivity contribution is 5.96. The highest BCUT2D eigenvalue weighted by Gasteiger charge is 2.18. The van der Waals surface area contributed by atoms with Crippen molar-refractivity contribution >= 4 is 5.91 Å². The van der Waals surface area contributed by atoms with Crippen LogP contribution in [0.1, 0.15) is 22.8 Å². The molecule has 0 spiro atoms. The summed E-state index contributed by atoms with van der Waals surface area (Å²) in [5, 5.41) is 9.53. The lowest BCUT2D eigenvalue weighted by Crippen LogP contribution is -2.39. The van der Waals surface area contributed by atoms with Crippen LogP contribution in [-0.4, -0.2) is 35.5 Å². The fourth-order valence-corrected chi connectivity index (χ4v) is 1.40. The predicted octanol–water partition coefficient (Wildman–Crippen LogP) is 1.12. The molecule has 0 radical (unpaired) electrons. The van der Waals surface area contributed by atoms with Gasteiger partial charge in [0, 0.05) is 30.8 Å². The van der Waals surface area contributed by atoms with E-state index in [9.17, 15) is 9.90 Å². The van der Waals surface area contributed by atoms with Crippen LogP contribution in [0.15, 0.2) is 18.2 Å². The minimum Gasteiger partial charge on any atom is -0.508 e. The normalized spacial score (nSPS) is 12.2. The molecule has 0 fully saturated rings. The second kappa shape index (κ2) is 4.99. The van der Waals surface area contributed by atoms with Crippen LogP contribution in [0.2, 0.25) is 0 Å². The summed E-state index contributed by atoms with van der Waals surface area (Å²) >= 11 is 0. The Labute approximate surface area is 95.7 Å². The second-order valence-corrected chi connectivity index (χ2v) is 3.95. The molecule has 0 aliphatic rings. The predicted molar refractivity (Wildman–Crippen MR) is 63.5 cm³/mol. The molecule has 1 aromatic carbocycles. The van der Waals surface area contributed by atoms with Gasteiger partial charge in [-0.05, 0) is 26.0 Å². The molecular formula is C12H18N2O2. The maximum absolute atomic E-state index is 12.1. The van der Waals surface area contributed by atoms with Gasteiger partial charge in [-0.3, -0.25) is 4.79 Å². The summed E-state index contributed by atoms with van der Waals surface area (Å²) in [5.74, 6) is 0.0194. The Balaban J connectivity index is 3.01. The van der Waals surface area contributed by atoms with Crippen molar-refractivity contribution < 1.29 is 9.90 Å². The third kappa shape index (κ3) is 2.33. The van der Waals surface area contributed by atoms with E-state index in [0.717, 1.165) is 0 Å². The summed E-state index contributed by atoms with van der Waals surface area (Å²) < 4.78 is 0. The Hall–Kier alpha value is -1.55. The average Bonchev–Trinajstić information content (AvgIpc) is 2.29. The van der Waals surface area contributed by atoms with E-state index < -0.39 is 0 Å². The minimum atomic E-state index is -0.119. The van der Waals surface area contributed by atoms with Gasteiger partial charge in [-0.2, -0.15) is 0 Å². The quantitative estimate of drug-likeness (QED) is 0.805. The van der Waals surface area contributed by atoms with Crippen LogP contribution >= 0.6 is 0 Å². The van der Waals surface area contributed by atoms with Crippen LogP contribution in [0.3, 0.4) is 0 Å². The SMILES string of the molecule is Cc1c(O)cccc1C(=O)N(C)C(C)CN. The molecule has 0 aliphatic carbocycles. The van der Waals surface area contributed by atoms with E-state index in [-0.39, 0.29) is 17.7 Å². The van der Waals surface area contributed by atoms with Gasteiger partial charge in [0.15, 0.2) is 0 Å². The zero-order valence-electron chi connectivity index (χ0n) is 9.90. The van der Waals surface area contributed by atoms with Gasteiger partial charge >= 0.3 is 0 Å². The molecule has 1 amide bonds. The highest BCUT2D eigenvalue weighted by atomic mass is 16.3. The van der Waals surface area contributed by atoms with Crippen molar-refractivity contribution in [3.63, 3.8) is 0 Å². The zero-order valence-corrected chi connectivity index (χ0v) is 9.90. The molecule has 4 nitrogen and oxygen atoms in total. The molecule has 3 N–H and O–H groups in total. The zero-order chi connectivity index (χ0) is 12.3. The van der Waals surface area contributed by atoms with Crippen molar-refractivity contribution in [2.45, 2.75) is 19.9 Å². The van der Waals surface area contributed by atoms with Crippen molar-refractivity contribution in [2.75, 3.05) is 13.6 Å². The molecule has 1 unspecified atom stereocenters. The number of nitrogens with zero attached hydrogens (tertiary/aromatic N) is 1. The van der Waals surface area contributed by atoms with E-state index in [1.165, 1.54) is 0 Å². The van der Waals surface area contributed by atoms with Gasteiger partial charge in [-0.15, -0.1) is 0 Å². The molecule has 4 heteroatoms. The van der Waals surface area contributed by atoms with Crippen molar-refractivity contribution in [3.05, 3.63) is 29.3 Å². The number of nitrogens with two attached hydrogens (primary N) is 1. The van der Waals surface area contributed by atoms with Crippen molar-refractivity contribution in [3.8, 4) is 5.75 Å². The number of likely N-dealkylation sites (N-methyl/N-ethyl adjacent to an activating group) is 1. The van der Waals surface area contributed by atoms with E-state index in [1.54, 1.807) is 37.1 Å². The number of amides is 1. The van der Waals surface area contributed by atoms with Crippen LogP contribution in [0.4, 0.5) is 0 Å². The Kier molecular flexibility index (Phi) is 3.90. The molecule has 0 aromatic heterocycles. The molecule has 0 saturated heterocycles. The first-order chi connectivity index (χ1) is 7.49. The summed E-state index contributed by atoms with van der Waals surface area (Å²) in [6.45, 7) is 4.03. The summed E-state index contributed by atoms with van der Waals surface area (Å²) in [4.78, 5) is 13.7. The first-order valence-electron chi connectivity index (χ1n) is 5.24. The van der Waals surface area contributed by atoms with Gasteiger partial charge in [0.25, 0.3) is 5.91 Å². The van der Waals surface area contributed by atoms with Crippen molar-refractivity contribution in [1.29, 1.82) is 0 Å². The van der Waals surface area contributed by atoms with Crippen molar-refractivity contribution in [2.24, 2.45) is 5.73 Å². The number of carbonyl (C=O) groups excluding carboxylic acids is 1. The highest BCUT2D eigenvalue weighted by Crippen LogP contribution is 2.20. The number of phenols is 1. The third-order valence-corrected chi connectivity index (χ3v) is 2.86. The van der Waals surface area contributed by atoms with Crippen LogP contribution in [0.25, 0.3) is 0 Å². The number of carbonyl (C=O) groups is 1. The van der Waals surface area contributed by atoms with Gasteiger partial charge in [0.05, 0.1) is 0 Å². The number of hydrogen-bond acceptors (Lipinski definition) is 3. The lowest BCUT2D eigenvalue weighted by Gasteiger charge is -2.24. The molecule has 0 saturated carbocycles. The van der Waals surface area contributed by atoms with Gasteiger partial charge < -0.3 is 15.7 Å². The number of rotatable bonds is 3. The van der Waals surface area contributed by atoms with Crippen LogP contribution in [0, 0.1) is 6.92 Å². The fourth-order valence-electron chi connectivity index (χ4n) is 1.40. The maximum Gasteiger partial charge on any atom is 0.254 e. The van der Waals surface area contributed by atoms with Crippen LogP contribution in [0.5, 0.6) is 5.75 Å². The number of aromatic hydroxyl groups is 1. The van der Waals surface area contributed by atoms with Gasteiger partial charge in [0.2, 0.25) is 0 Å². The molecule has 88 valence electrons. The molecule has 1 rings (SSSR count). The summed E-state index contributed by atoms with van der Waals surface area (Å²) in [7, 11) is 1.71. The summed E-state index contributed by atoms with van der Waals surface area (Å²) in [5.41, 5.74) is 6.63. The topological polar surface area (TPSA) is 66.6 Å². The molecule has 1 atom stereocenters. The van der Waals surface area contributed by atoms with Crippen molar-refractivity contribution in [1.82, 2.24) is 4.90 Å². The Morgan fingerprint density at radius 2 is 2.19 bits per heavy atom. The Morgan fingerprint density at radius 3 is 2.75 bits per heavy atom. The number of hydrogen-bond donors (Lipinski definition) is 2. The van der Waals surface area contributed by atoms with Gasteiger partial charge in [-0.25, -0.2) is 0 Å². The fraction of sp³-hybridized carbons (Fsp3) is 0.417. The van der Waals surface area contributed by atoms with E-state index in [2.05, 4.69) is 0 Å². The van der Waals surface area contributed by atoms with Crippen LogP contribution in [-0.2, 0) is 0 Å². The van der Waals surface area contributed by atoms with Crippen LogP contribution < -0.4 is 5.73 Å². The van der Waals surface area contributed by atoms with E-state index in [0.29, 0.717) is 17.7 Å². The lowest BCUT2D eigenvalue weighted by molar-refractivity contribution is 0.0747. The Bertz CT molecular complexity index is 391. The molecule has 1 aromatic rings. The standard InChI is InChI=1S/C12H18N2O2/c1-8(7-13)14(3)12(16)10-5-4-6-11(15)9(10)2/h4-6,8,15H,7,13H2,1-3H3. The first-order valence-corrected chi connectivity index (χ1v) is 5.24. The van der Waals surface area contributed by atoms with E-state index in [4.69, 9.17) is 5.73 Å². The molecule has 16 heavy (non-hydrogen) atoms. The maximum atomic E-state index is 12.1.